The highest BCUT2D eigenvalue weighted by Crippen LogP contribution is 2.40. The summed E-state index contributed by atoms with van der Waals surface area (Å²) in [7, 11) is 0. The van der Waals surface area contributed by atoms with Crippen LogP contribution in [0.2, 0.25) is 0 Å². The van der Waals surface area contributed by atoms with Crippen LogP contribution in [0, 0.1) is 0 Å². The van der Waals surface area contributed by atoms with Crippen molar-refractivity contribution in [3.8, 4) is 0 Å². The third kappa shape index (κ3) is 12.8. The lowest BCUT2D eigenvalue weighted by Gasteiger charge is -2.24. The number of anilines is 4. The Bertz CT molecular complexity index is 2920. The van der Waals surface area contributed by atoms with E-state index in [1.54, 1.807) is 0 Å². The van der Waals surface area contributed by atoms with E-state index < -0.39 is 0 Å². The second kappa shape index (κ2) is 27.8. The molecule has 2 N–H and O–H groups in total. The summed E-state index contributed by atoms with van der Waals surface area (Å²) in [6, 6.07) is 63.4. The van der Waals surface area contributed by atoms with Crippen LogP contribution < -0.4 is 54.4 Å². The fraction of sp³-hybridized carbons (Fsp3) is 0.257. The molecular weight excluding hydrogens is 996 g/mol. The van der Waals surface area contributed by atoms with Crippen LogP contribution in [-0.4, -0.2) is 63.8 Å². The monoisotopic (exact) mass is 1070 g/mol. The predicted octanol–water partition coefficient (Wildman–Crippen LogP) is 6.28. The van der Waals surface area contributed by atoms with Crippen molar-refractivity contribution in [3.63, 3.8) is 0 Å². The van der Waals surface area contributed by atoms with Crippen LogP contribution in [0.25, 0.3) is 22.3 Å². The number of halogens is 2. The molecule has 0 saturated heterocycles. The molecule has 0 fully saturated rings. The third-order valence-corrected chi connectivity index (χ3v) is 15.5. The molecule has 402 valence electrons. The van der Waals surface area contributed by atoms with E-state index in [0.717, 1.165) is 63.8 Å². The third-order valence-electron chi connectivity index (χ3n) is 15.5. The molecule has 0 amide bonds. The molecule has 0 heterocycles. The molecule has 6 nitrogen and oxygen atoms in total. The molecule has 7 aromatic rings. The van der Waals surface area contributed by atoms with Crippen molar-refractivity contribution >= 4 is 56.5 Å². The highest BCUT2D eigenvalue weighted by atomic mass is 35.5. The minimum Gasteiger partial charge on any atom is -1.00 e. The van der Waals surface area contributed by atoms with Gasteiger partial charge >= 0.3 is 0 Å². The highest BCUT2D eigenvalue weighted by molar-refractivity contribution is 6.18. The molecule has 0 radical (unpaired) electrons. The zero-order valence-electron chi connectivity index (χ0n) is 47.1. The summed E-state index contributed by atoms with van der Waals surface area (Å²) in [4.78, 5) is 17.3. The first-order valence-electron chi connectivity index (χ1n) is 28.1. The van der Waals surface area contributed by atoms with Crippen molar-refractivity contribution in [1.29, 1.82) is 0 Å². The molecule has 0 bridgehead atoms. The van der Waals surface area contributed by atoms with E-state index in [4.69, 9.17) is 0 Å². The Kier molecular flexibility index (Phi) is 20.8. The normalized spacial score (nSPS) is 13.3. The maximum atomic E-state index is 3.83. The number of fused-ring (bicyclic) bond motifs is 2. The van der Waals surface area contributed by atoms with Gasteiger partial charge in [-0.05, 0) is 184 Å². The molecular formula is C70H78Cl2N6. The van der Waals surface area contributed by atoms with Gasteiger partial charge in [0.2, 0.25) is 11.4 Å². The van der Waals surface area contributed by atoms with Gasteiger partial charge in [-0.15, -0.1) is 0 Å². The maximum Gasteiger partial charge on any atom is 0.206 e. The summed E-state index contributed by atoms with van der Waals surface area (Å²) in [5.74, 6) is 0. The van der Waals surface area contributed by atoms with Crippen LogP contribution in [0.15, 0.2) is 194 Å². The van der Waals surface area contributed by atoms with Crippen molar-refractivity contribution in [2.24, 2.45) is 0 Å². The summed E-state index contributed by atoms with van der Waals surface area (Å²) in [5.41, 5.74) is 24.4. The standard InChI is InChI=1S/C70H76N6.2ClH/c1-9-73(10-2)57-37-29-53(30-38-57)69(54-31-39-58(40-32-54)74(11-3)12-4)65-45-47-67(63-23-19-17-21-61(63)65)71-49-51-25-27-52(28-26-51)50-72-68-48-46-66(62-22-18-20-24-64(62)68)70(55-33-41-59(42-34-55)75(13-5)14-6)56-35-43-60(44-36-56)76(15-7)16-8;;/h17-48H,9-16,49-50H2,1-8H3;2*1H. The van der Waals surface area contributed by atoms with E-state index in [1.807, 2.05) is 0 Å². The summed E-state index contributed by atoms with van der Waals surface area (Å²) in [6.07, 6.45) is 9.17. The average Bonchev–Trinajstić information content (AvgIpc) is 3.59. The summed E-state index contributed by atoms with van der Waals surface area (Å²) >= 11 is 0. The minimum atomic E-state index is 0. The number of hydrogen-bond donors (Lipinski definition) is 2. The summed E-state index contributed by atoms with van der Waals surface area (Å²) in [6.45, 7) is 27.1. The van der Waals surface area contributed by atoms with Crippen LogP contribution in [0.1, 0.15) is 111 Å². The van der Waals surface area contributed by atoms with Gasteiger partial charge in [0.05, 0.1) is 11.1 Å². The number of nitrogens with zero attached hydrogens (tertiary/aromatic N) is 4. The van der Waals surface area contributed by atoms with E-state index in [1.165, 1.54) is 101 Å². The van der Waals surface area contributed by atoms with E-state index >= 15 is 0 Å². The number of hydrogen-bond acceptors (Lipinski definition) is 4. The van der Waals surface area contributed by atoms with E-state index in [-0.39, 0.29) is 24.8 Å². The fourth-order valence-electron chi connectivity index (χ4n) is 11.2. The highest BCUT2D eigenvalue weighted by Gasteiger charge is 2.25. The van der Waals surface area contributed by atoms with Crippen molar-refractivity contribution in [1.82, 2.24) is 0 Å². The molecule has 0 aliphatic heterocycles. The Morgan fingerprint density at radius 1 is 0.295 bits per heavy atom. The lowest BCUT2D eigenvalue weighted by Crippen LogP contribution is -3.00. The second-order valence-electron chi connectivity index (χ2n) is 19.6. The second-order valence-corrected chi connectivity index (χ2v) is 19.6. The zero-order valence-corrected chi connectivity index (χ0v) is 48.6. The Labute approximate surface area is 478 Å². The molecule has 0 aromatic heterocycles. The molecule has 78 heavy (non-hydrogen) atoms. The molecule has 0 spiro atoms. The first-order valence-corrected chi connectivity index (χ1v) is 28.1. The van der Waals surface area contributed by atoms with Crippen LogP contribution in [0.4, 0.5) is 22.7 Å². The van der Waals surface area contributed by atoms with Gasteiger partial charge in [0.15, 0.2) is 13.1 Å². The fourth-order valence-corrected chi connectivity index (χ4v) is 11.2. The molecule has 0 saturated carbocycles. The SMILES string of the molecule is CCN(CC)c1ccc(C(=C2C=CC(=[NH+]Cc3ccc(C[NH+]=C4C=CC(=C(c5ccc(N(CC)CC)cc5)c5ccc(N(CC)CC)cc5)c5ccccc54)cc3)c3ccccc32)c2ccc(N(CC)CC)cc2)cc1.[Cl-].[Cl-]. The Balaban J connectivity index is 0.00000441. The smallest absolute Gasteiger partial charge is 0.206 e. The molecule has 2 aliphatic carbocycles. The van der Waals surface area contributed by atoms with Crippen LogP contribution in [0.3, 0.4) is 0 Å². The molecule has 0 atom stereocenters. The van der Waals surface area contributed by atoms with Gasteiger partial charge in [0.1, 0.15) is 0 Å². The van der Waals surface area contributed by atoms with Crippen molar-refractivity contribution in [2.45, 2.75) is 68.5 Å². The minimum absolute atomic E-state index is 0. The first kappa shape index (κ1) is 58.3. The van der Waals surface area contributed by atoms with Crippen molar-refractivity contribution < 1.29 is 34.8 Å². The van der Waals surface area contributed by atoms with Crippen LogP contribution in [0.5, 0.6) is 0 Å². The van der Waals surface area contributed by atoms with Gasteiger partial charge in [0.25, 0.3) is 0 Å². The van der Waals surface area contributed by atoms with Crippen LogP contribution >= 0.6 is 0 Å². The molecule has 9 rings (SSSR count). The van der Waals surface area contributed by atoms with Gasteiger partial charge in [-0.3, -0.25) is 0 Å². The van der Waals surface area contributed by atoms with E-state index in [0.29, 0.717) is 13.1 Å². The predicted molar refractivity (Wildman–Crippen MR) is 327 cm³/mol. The Morgan fingerprint density at radius 2 is 0.538 bits per heavy atom. The van der Waals surface area contributed by atoms with Gasteiger partial charge in [-0.2, -0.15) is 0 Å². The molecule has 7 aromatic carbocycles. The van der Waals surface area contributed by atoms with Crippen molar-refractivity contribution in [3.05, 3.63) is 250 Å². The Hall–Kier alpha value is -7.38. The average molecular weight is 1070 g/mol. The topological polar surface area (TPSA) is 40.9 Å². The van der Waals surface area contributed by atoms with Gasteiger partial charge in [-0.25, -0.2) is 9.98 Å². The quantitative estimate of drug-likeness (QED) is 0.0946. The summed E-state index contributed by atoms with van der Waals surface area (Å²) in [5, 5.41) is 0. The van der Waals surface area contributed by atoms with Gasteiger partial charge < -0.3 is 44.4 Å². The lowest BCUT2D eigenvalue weighted by molar-refractivity contribution is -0.474. The summed E-state index contributed by atoms with van der Waals surface area (Å²) < 4.78 is 0. The van der Waals surface area contributed by atoms with Gasteiger partial charge in [0, 0.05) is 98.4 Å². The number of benzene rings is 7. The first-order chi connectivity index (χ1) is 37.3. The van der Waals surface area contributed by atoms with E-state index in [2.05, 4.69) is 279 Å². The largest absolute Gasteiger partial charge is 1.00 e. The maximum absolute atomic E-state index is 3.83. The van der Waals surface area contributed by atoms with Crippen molar-refractivity contribution in [2.75, 3.05) is 72.0 Å². The Morgan fingerprint density at radius 3 is 0.782 bits per heavy atom. The zero-order chi connectivity index (χ0) is 53.0. The molecule has 8 heteroatoms. The molecule has 2 aliphatic rings. The van der Waals surface area contributed by atoms with Gasteiger partial charge in [-0.1, -0.05) is 109 Å². The number of nitrogens with one attached hydrogen (secondary N) is 2. The molecule has 0 unspecified atom stereocenters. The number of allylic oxidation sites excluding steroid dienone is 6. The van der Waals surface area contributed by atoms with E-state index in [9.17, 15) is 0 Å². The number of rotatable bonds is 20. The van der Waals surface area contributed by atoms with Crippen LogP contribution in [-0.2, 0) is 13.1 Å². The lowest BCUT2D eigenvalue weighted by atomic mass is 9.83.